The lowest BCUT2D eigenvalue weighted by atomic mass is 10.0. The van der Waals surface area contributed by atoms with Crippen LogP contribution in [0.5, 0.6) is 5.75 Å². The molecule has 0 aliphatic rings. The molecule has 0 bridgehead atoms. The lowest BCUT2D eigenvalue weighted by molar-refractivity contribution is -0.385. The SMILES string of the molecule is CC(C)(C)OC(=O)N[C@@H](C(=O)O)[C@H](O[Si](C)(C)C(C)(C)C)c1ccc(OS(=O)(=O)C(F)(F)F)c([N+](=O)[O-])c1. The predicted octanol–water partition coefficient (Wildman–Crippen LogP) is 4.86. The van der Waals surface area contributed by atoms with Crippen LogP contribution in [0.4, 0.5) is 23.7 Å². The van der Waals surface area contributed by atoms with Crippen molar-refractivity contribution in [3.05, 3.63) is 33.9 Å². The number of halogens is 3. The Balaban J connectivity index is 3.74. The summed E-state index contributed by atoms with van der Waals surface area (Å²) in [6.45, 7) is 13.5. The van der Waals surface area contributed by atoms with Crippen molar-refractivity contribution in [1.29, 1.82) is 0 Å². The van der Waals surface area contributed by atoms with Crippen molar-refractivity contribution in [2.45, 2.75) is 82.9 Å². The van der Waals surface area contributed by atoms with E-state index < -0.39 is 75.2 Å². The Morgan fingerprint density at radius 3 is 2.03 bits per heavy atom. The number of carbonyl (C=O) groups is 2. The number of carbonyl (C=O) groups excluding carboxylic acids is 1. The number of carboxylic acid groups (broad SMARTS) is 1. The normalized spacial score (nSPS) is 14.8. The summed E-state index contributed by atoms with van der Waals surface area (Å²) in [6.07, 6.45) is -2.74. The van der Waals surface area contributed by atoms with Gasteiger partial charge in [-0.05, 0) is 50.5 Å². The lowest BCUT2D eigenvalue weighted by Gasteiger charge is -2.41. The van der Waals surface area contributed by atoms with Crippen LogP contribution in [-0.4, -0.2) is 56.0 Å². The zero-order chi connectivity index (χ0) is 30.1. The Morgan fingerprint density at radius 2 is 1.63 bits per heavy atom. The molecule has 2 atom stereocenters. The van der Waals surface area contributed by atoms with E-state index in [1.165, 1.54) is 20.8 Å². The first-order valence-corrected chi connectivity index (χ1v) is 15.3. The van der Waals surface area contributed by atoms with Crippen molar-refractivity contribution in [2.24, 2.45) is 0 Å². The van der Waals surface area contributed by atoms with Crippen LogP contribution in [0.3, 0.4) is 0 Å². The minimum atomic E-state index is -6.25. The largest absolute Gasteiger partial charge is 0.534 e. The van der Waals surface area contributed by atoms with Crippen LogP contribution in [0.1, 0.15) is 53.2 Å². The third-order valence-electron chi connectivity index (χ3n) is 5.46. The zero-order valence-corrected chi connectivity index (χ0v) is 23.8. The topological polar surface area (TPSA) is 171 Å². The first-order valence-electron chi connectivity index (χ1n) is 11.0. The van der Waals surface area contributed by atoms with Crippen LogP contribution in [0, 0.1) is 10.1 Å². The molecule has 0 aromatic heterocycles. The highest BCUT2D eigenvalue weighted by atomic mass is 32.2. The number of benzene rings is 1. The van der Waals surface area contributed by atoms with Gasteiger partial charge in [0.25, 0.3) is 0 Å². The molecular formula is C21H31F3N2O10SSi. The van der Waals surface area contributed by atoms with Crippen LogP contribution in [-0.2, 0) is 24.1 Å². The second kappa shape index (κ2) is 11.1. The summed E-state index contributed by atoms with van der Waals surface area (Å²) in [7, 11) is -9.13. The molecule has 0 saturated heterocycles. The fraction of sp³-hybridized carbons (Fsp3) is 0.619. The van der Waals surface area contributed by atoms with Crippen molar-refractivity contribution in [3.8, 4) is 5.75 Å². The number of nitrogens with zero attached hydrogens (tertiary/aromatic N) is 1. The lowest BCUT2D eigenvalue weighted by Crippen LogP contribution is -2.51. The van der Waals surface area contributed by atoms with Gasteiger partial charge in [0.1, 0.15) is 11.7 Å². The van der Waals surface area contributed by atoms with Crippen molar-refractivity contribution >= 4 is 36.2 Å². The summed E-state index contributed by atoms with van der Waals surface area (Å²) >= 11 is 0. The molecule has 38 heavy (non-hydrogen) atoms. The molecule has 216 valence electrons. The van der Waals surface area contributed by atoms with Gasteiger partial charge in [-0.3, -0.25) is 10.1 Å². The molecule has 0 unspecified atom stereocenters. The van der Waals surface area contributed by atoms with Gasteiger partial charge >= 0.3 is 33.4 Å². The quantitative estimate of drug-likeness (QED) is 0.133. The molecule has 0 fully saturated rings. The van der Waals surface area contributed by atoms with Gasteiger partial charge in [0.05, 0.1) is 4.92 Å². The standard InChI is InChI=1S/C21H31F3N2O10SSi/c1-19(2,3)34-18(29)25-15(17(27)28)16(36-38(7,8)20(4,5)6)12-9-10-14(13(11-12)26(30)31)35-37(32,33)21(22,23)24/h9-11,15-16H,1-8H3,(H,25,29)(H,27,28)/t15-,16-/m1/s1. The van der Waals surface area contributed by atoms with Crippen molar-refractivity contribution in [3.63, 3.8) is 0 Å². The molecular weight excluding hydrogens is 557 g/mol. The monoisotopic (exact) mass is 588 g/mol. The fourth-order valence-corrected chi connectivity index (χ4v) is 4.35. The van der Waals surface area contributed by atoms with E-state index in [0.29, 0.717) is 12.1 Å². The Hall–Kier alpha value is -2.92. The van der Waals surface area contributed by atoms with Crippen molar-refractivity contribution in [2.75, 3.05) is 0 Å². The minimum Gasteiger partial charge on any atom is -0.480 e. The van der Waals surface area contributed by atoms with E-state index in [0.717, 1.165) is 6.07 Å². The predicted molar refractivity (Wildman–Crippen MR) is 131 cm³/mol. The Bertz CT molecular complexity index is 1180. The molecule has 2 N–H and O–H groups in total. The number of carboxylic acids is 1. The number of hydrogen-bond acceptors (Lipinski definition) is 9. The second-order valence-corrected chi connectivity index (χ2v) is 17.0. The van der Waals surface area contributed by atoms with Crippen molar-refractivity contribution < 1.29 is 54.6 Å². The molecule has 1 aromatic carbocycles. The fourth-order valence-electron chi connectivity index (χ4n) is 2.61. The number of aliphatic carboxylic acids is 1. The number of alkyl carbamates (subject to hydrolysis) is 1. The third-order valence-corrected chi connectivity index (χ3v) is 10.9. The van der Waals surface area contributed by atoms with E-state index in [1.54, 1.807) is 13.1 Å². The molecule has 0 spiro atoms. The number of hydrogen-bond donors (Lipinski definition) is 2. The number of ether oxygens (including phenoxy) is 1. The highest BCUT2D eigenvalue weighted by Gasteiger charge is 2.50. The van der Waals surface area contributed by atoms with E-state index >= 15 is 0 Å². The summed E-state index contributed by atoms with van der Waals surface area (Å²) in [6, 6.07) is 0.250. The highest BCUT2D eigenvalue weighted by Crippen LogP contribution is 2.42. The van der Waals surface area contributed by atoms with Crippen LogP contribution in [0.25, 0.3) is 0 Å². The second-order valence-electron chi connectivity index (χ2n) is 10.7. The summed E-state index contributed by atoms with van der Waals surface area (Å²) in [5.41, 5.74) is -8.33. The van der Waals surface area contributed by atoms with Gasteiger partial charge in [-0.2, -0.15) is 21.6 Å². The number of nitro groups is 1. The number of amides is 1. The number of nitrogens with one attached hydrogen (secondary N) is 1. The summed E-state index contributed by atoms with van der Waals surface area (Å²) < 4.78 is 76.4. The molecule has 0 aliphatic heterocycles. The molecule has 0 heterocycles. The minimum absolute atomic E-state index is 0.248. The van der Waals surface area contributed by atoms with Gasteiger partial charge in [0, 0.05) is 6.07 Å². The van der Waals surface area contributed by atoms with Crippen LogP contribution >= 0.6 is 0 Å². The van der Waals surface area contributed by atoms with Crippen LogP contribution in [0.15, 0.2) is 18.2 Å². The molecule has 17 heteroatoms. The number of alkyl halides is 3. The van der Waals surface area contributed by atoms with E-state index in [-0.39, 0.29) is 5.56 Å². The Morgan fingerprint density at radius 1 is 1.11 bits per heavy atom. The van der Waals surface area contributed by atoms with Gasteiger partial charge in [-0.1, -0.05) is 26.8 Å². The van der Waals surface area contributed by atoms with E-state index in [9.17, 15) is 46.4 Å². The average Bonchev–Trinajstić information content (AvgIpc) is 2.67. The summed E-state index contributed by atoms with van der Waals surface area (Å²) in [5.74, 6) is -2.86. The highest BCUT2D eigenvalue weighted by molar-refractivity contribution is 7.88. The van der Waals surface area contributed by atoms with Crippen LogP contribution in [0.2, 0.25) is 18.1 Å². The molecule has 0 radical (unpaired) electrons. The molecule has 1 aromatic rings. The maximum Gasteiger partial charge on any atom is 0.534 e. The van der Waals surface area contributed by atoms with Gasteiger partial charge in [-0.15, -0.1) is 0 Å². The molecule has 0 saturated carbocycles. The molecule has 1 amide bonds. The average molecular weight is 589 g/mol. The van der Waals surface area contributed by atoms with Gasteiger partial charge in [0.15, 0.2) is 14.4 Å². The first kappa shape index (κ1) is 33.1. The third kappa shape index (κ3) is 8.55. The Labute approximate surface area is 218 Å². The number of rotatable bonds is 9. The summed E-state index contributed by atoms with van der Waals surface area (Å²) in [4.78, 5) is 35.1. The Kier molecular flexibility index (Phi) is 9.63. The number of nitro benzene ring substituents is 1. The van der Waals surface area contributed by atoms with Gasteiger partial charge < -0.3 is 23.8 Å². The summed E-state index contributed by atoms with van der Waals surface area (Å²) in [5, 5.41) is 23.2. The zero-order valence-electron chi connectivity index (χ0n) is 22.0. The van der Waals surface area contributed by atoms with E-state index in [1.807, 2.05) is 20.8 Å². The van der Waals surface area contributed by atoms with E-state index in [4.69, 9.17) is 9.16 Å². The smallest absolute Gasteiger partial charge is 0.480 e. The molecule has 0 aliphatic carbocycles. The molecule has 1 rings (SSSR count). The maximum absolute atomic E-state index is 12.8. The molecule has 12 nitrogen and oxygen atoms in total. The van der Waals surface area contributed by atoms with Crippen LogP contribution < -0.4 is 9.50 Å². The van der Waals surface area contributed by atoms with Gasteiger partial charge in [-0.25, -0.2) is 9.59 Å². The maximum atomic E-state index is 12.8. The van der Waals surface area contributed by atoms with E-state index in [2.05, 4.69) is 9.50 Å². The first-order chi connectivity index (χ1) is 16.8. The van der Waals surface area contributed by atoms with Gasteiger partial charge in [0.2, 0.25) is 5.75 Å². The van der Waals surface area contributed by atoms with Crippen molar-refractivity contribution in [1.82, 2.24) is 5.32 Å².